The van der Waals surface area contributed by atoms with E-state index in [1.807, 2.05) is 0 Å². The van der Waals surface area contributed by atoms with Gasteiger partial charge in [-0.1, -0.05) is 25.3 Å². The molecule has 12 heteroatoms. The molecule has 1 amide bonds. The molecular weight excluding hydrogens is 464 g/mol. The fourth-order valence-corrected chi connectivity index (χ4v) is 4.23. The Morgan fingerprint density at radius 1 is 1.03 bits per heavy atom. The minimum absolute atomic E-state index is 0.0885. The molecule has 0 atom stereocenters. The topological polar surface area (TPSA) is 109 Å². The first-order chi connectivity index (χ1) is 16.9. The third kappa shape index (κ3) is 4.51. The zero-order chi connectivity index (χ0) is 25.1. The largest absolute Gasteiger partial charge is 0.496 e. The van der Waals surface area contributed by atoms with E-state index in [9.17, 15) is 23.2 Å². The maximum absolute atomic E-state index is 14.2. The van der Waals surface area contributed by atoms with E-state index in [0.717, 1.165) is 37.5 Å². The lowest BCUT2D eigenvalue weighted by molar-refractivity contribution is 0.0597. The Morgan fingerprint density at radius 2 is 1.71 bits per heavy atom. The molecule has 1 fully saturated rings. The van der Waals surface area contributed by atoms with Crippen LogP contribution in [0.15, 0.2) is 41.2 Å². The summed E-state index contributed by atoms with van der Waals surface area (Å²) in [6.45, 7) is 0. The van der Waals surface area contributed by atoms with Crippen LogP contribution in [0.2, 0.25) is 0 Å². The zero-order valence-corrected chi connectivity index (χ0v) is 19.1. The van der Waals surface area contributed by atoms with E-state index >= 15 is 0 Å². The Kier molecular flexibility index (Phi) is 6.90. The Labute approximate surface area is 198 Å². The van der Waals surface area contributed by atoms with Gasteiger partial charge in [0.15, 0.2) is 11.6 Å². The zero-order valence-electron chi connectivity index (χ0n) is 19.1. The monoisotopic (exact) mass is 487 g/mol. The predicted molar refractivity (Wildman–Crippen MR) is 120 cm³/mol. The molecule has 0 N–H and O–H groups in total. The number of ether oxygens (including phenoxy) is 2. The number of halogens is 2. The van der Waals surface area contributed by atoms with Crippen molar-refractivity contribution in [3.05, 3.63) is 64.1 Å². The molecule has 0 aliphatic heterocycles. The summed E-state index contributed by atoms with van der Waals surface area (Å²) < 4.78 is 39.4. The number of benzene rings is 2. The van der Waals surface area contributed by atoms with Gasteiger partial charge in [0.25, 0.3) is 0 Å². The fourth-order valence-electron chi connectivity index (χ4n) is 4.23. The Morgan fingerprint density at radius 3 is 2.34 bits per heavy atom. The minimum atomic E-state index is -1.14. The Balaban J connectivity index is 1.81. The lowest BCUT2D eigenvalue weighted by Crippen LogP contribution is -2.47. The lowest BCUT2D eigenvalue weighted by atomic mass is 9.94. The van der Waals surface area contributed by atoms with Gasteiger partial charge >= 0.3 is 17.7 Å². The van der Waals surface area contributed by atoms with Crippen LogP contribution in [0, 0.1) is 11.6 Å². The van der Waals surface area contributed by atoms with Crippen LogP contribution in [0.1, 0.15) is 42.5 Å². The highest BCUT2D eigenvalue weighted by molar-refractivity contribution is 5.98. The normalized spacial score (nSPS) is 13.9. The average Bonchev–Trinajstić information content (AvgIpc) is 3.25. The highest BCUT2D eigenvalue weighted by Crippen LogP contribution is 2.31. The van der Waals surface area contributed by atoms with Gasteiger partial charge in [-0.25, -0.2) is 23.2 Å². The number of nitrogens with zero attached hydrogens (tertiary/aromatic N) is 5. The molecule has 0 radical (unpaired) electrons. The molecule has 4 rings (SSSR count). The number of esters is 1. The standard InChI is InChI=1S/C23H23F2N5O5/c1-34-19-12-11-15(13-16(19)21(31)35-2)28(14-7-4-3-5-8-14)22(32)30-23(33)29(26-27-30)20-17(24)9-6-10-18(20)25/h6,9-14H,3-5,7-8H2,1-2H3. The first kappa shape index (κ1) is 24.0. The van der Waals surface area contributed by atoms with Crippen LogP contribution in [0.5, 0.6) is 5.75 Å². The molecular formula is C23H23F2N5O5. The molecule has 1 aliphatic carbocycles. The number of anilines is 1. The number of para-hydroxylation sites is 1. The van der Waals surface area contributed by atoms with Gasteiger partial charge in [0.2, 0.25) is 0 Å². The molecule has 0 bridgehead atoms. The molecule has 0 unspecified atom stereocenters. The molecule has 2 aromatic carbocycles. The lowest BCUT2D eigenvalue weighted by Gasteiger charge is -2.34. The first-order valence-corrected chi connectivity index (χ1v) is 11.0. The number of tetrazole rings is 1. The number of hydrogen-bond donors (Lipinski definition) is 0. The summed E-state index contributed by atoms with van der Waals surface area (Å²) in [6, 6.07) is 6.41. The van der Waals surface area contributed by atoms with E-state index < -0.39 is 35.0 Å². The van der Waals surface area contributed by atoms with E-state index in [-0.39, 0.29) is 17.4 Å². The van der Waals surface area contributed by atoms with Crippen molar-refractivity contribution in [2.45, 2.75) is 38.1 Å². The first-order valence-electron chi connectivity index (χ1n) is 11.0. The molecule has 0 saturated heterocycles. The van der Waals surface area contributed by atoms with Gasteiger partial charge in [0.1, 0.15) is 17.0 Å². The molecule has 1 aliphatic rings. The van der Waals surface area contributed by atoms with Gasteiger partial charge in [0.05, 0.1) is 14.2 Å². The van der Waals surface area contributed by atoms with Crippen LogP contribution in [0.4, 0.5) is 19.3 Å². The number of aromatic nitrogens is 4. The van der Waals surface area contributed by atoms with Gasteiger partial charge in [-0.3, -0.25) is 4.90 Å². The number of amides is 1. The third-order valence-corrected chi connectivity index (χ3v) is 5.92. The number of methoxy groups -OCH3 is 2. The maximum Gasteiger partial charge on any atom is 0.377 e. The summed E-state index contributed by atoms with van der Waals surface area (Å²) in [6.07, 6.45) is 4.01. The summed E-state index contributed by atoms with van der Waals surface area (Å²) in [4.78, 5) is 40.3. The van der Waals surface area contributed by atoms with Crippen molar-refractivity contribution < 1.29 is 27.8 Å². The van der Waals surface area contributed by atoms with Gasteiger partial charge in [-0.2, -0.15) is 4.68 Å². The number of carbonyl (C=O) groups excluding carboxylic acids is 2. The second-order valence-corrected chi connectivity index (χ2v) is 7.98. The quantitative estimate of drug-likeness (QED) is 0.401. The van der Waals surface area contributed by atoms with Crippen LogP contribution >= 0.6 is 0 Å². The third-order valence-electron chi connectivity index (χ3n) is 5.92. The van der Waals surface area contributed by atoms with E-state index in [2.05, 4.69) is 10.4 Å². The van der Waals surface area contributed by atoms with Crippen molar-refractivity contribution in [1.29, 1.82) is 0 Å². The molecule has 3 aromatic rings. The smallest absolute Gasteiger partial charge is 0.377 e. The summed E-state index contributed by atoms with van der Waals surface area (Å²) in [7, 11) is 2.61. The van der Waals surface area contributed by atoms with Crippen molar-refractivity contribution in [1.82, 2.24) is 19.8 Å². The van der Waals surface area contributed by atoms with Crippen LogP contribution in [-0.2, 0) is 4.74 Å². The highest BCUT2D eigenvalue weighted by Gasteiger charge is 2.32. The average molecular weight is 487 g/mol. The van der Waals surface area contributed by atoms with Crippen LogP contribution in [-0.4, -0.2) is 52.1 Å². The molecule has 1 heterocycles. The van der Waals surface area contributed by atoms with E-state index in [1.165, 1.54) is 31.3 Å². The van der Waals surface area contributed by atoms with E-state index in [1.54, 1.807) is 6.07 Å². The van der Waals surface area contributed by atoms with E-state index in [0.29, 0.717) is 27.9 Å². The molecule has 184 valence electrons. The van der Waals surface area contributed by atoms with Crippen molar-refractivity contribution in [2.75, 3.05) is 19.1 Å². The molecule has 1 aromatic heterocycles. The predicted octanol–water partition coefficient (Wildman–Crippen LogP) is 3.31. The Bertz CT molecular complexity index is 1300. The van der Waals surface area contributed by atoms with Crippen molar-refractivity contribution >= 4 is 17.7 Å². The summed E-state index contributed by atoms with van der Waals surface area (Å²) in [5.74, 6) is -2.49. The van der Waals surface area contributed by atoms with Crippen LogP contribution < -0.4 is 15.3 Å². The molecule has 35 heavy (non-hydrogen) atoms. The molecule has 1 saturated carbocycles. The maximum atomic E-state index is 14.2. The number of rotatable bonds is 5. The van der Waals surface area contributed by atoms with Gasteiger partial charge in [-0.15, -0.1) is 4.68 Å². The SMILES string of the molecule is COC(=O)c1cc(N(C(=O)n2nnn(-c3c(F)cccc3F)c2=O)C2CCCCC2)ccc1OC. The fraction of sp³-hybridized carbons (Fsp3) is 0.348. The minimum Gasteiger partial charge on any atom is -0.496 e. The van der Waals surface area contributed by atoms with E-state index in [4.69, 9.17) is 9.47 Å². The summed E-state index contributed by atoms with van der Waals surface area (Å²) >= 11 is 0. The molecule has 0 spiro atoms. The number of hydrogen-bond acceptors (Lipinski definition) is 7. The van der Waals surface area contributed by atoms with Crippen molar-refractivity contribution in [3.8, 4) is 11.4 Å². The van der Waals surface area contributed by atoms with Gasteiger partial charge in [0, 0.05) is 11.7 Å². The van der Waals surface area contributed by atoms with Crippen LogP contribution in [0.3, 0.4) is 0 Å². The van der Waals surface area contributed by atoms with Crippen molar-refractivity contribution in [2.24, 2.45) is 0 Å². The summed E-state index contributed by atoms with van der Waals surface area (Å²) in [5, 5.41) is 7.13. The molecule has 10 nitrogen and oxygen atoms in total. The Hall–Kier alpha value is -4.09. The van der Waals surface area contributed by atoms with Gasteiger partial charge in [-0.05, 0) is 53.6 Å². The van der Waals surface area contributed by atoms with Crippen LogP contribution in [0.25, 0.3) is 5.69 Å². The number of carbonyl (C=O) groups is 2. The van der Waals surface area contributed by atoms with Crippen molar-refractivity contribution in [3.63, 3.8) is 0 Å². The summed E-state index contributed by atoms with van der Waals surface area (Å²) in [5.41, 5.74) is -1.48. The highest BCUT2D eigenvalue weighted by atomic mass is 19.1. The second-order valence-electron chi connectivity index (χ2n) is 7.98. The van der Waals surface area contributed by atoms with Gasteiger partial charge < -0.3 is 9.47 Å². The second kappa shape index (κ2) is 10.0.